The predicted octanol–water partition coefficient (Wildman–Crippen LogP) is 9.69. The zero-order valence-electron chi connectivity index (χ0n) is 27.1. The molecule has 2 unspecified atom stereocenters. The van der Waals surface area contributed by atoms with E-state index < -0.39 is 0 Å². The van der Waals surface area contributed by atoms with Crippen LogP contribution in [0.4, 0.5) is 0 Å². The van der Waals surface area contributed by atoms with Gasteiger partial charge in [-0.1, -0.05) is 72.8 Å². The average molecular weight is 630 g/mol. The van der Waals surface area contributed by atoms with E-state index in [9.17, 15) is 15.8 Å². The molecule has 8 rings (SSSR count). The molecule has 0 bridgehead atoms. The van der Waals surface area contributed by atoms with Crippen LogP contribution in [0.2, 0.25) is 0 Å². The van der Waals surface area contributed by atoms with Crippen molar-refractivity contribution in [2.75, 3.05) is 0 Å². The Bertz CT molecular complexity index is 2560. The van der Waals surface area contributed by atoms with E-state index in [0.717, 1.165) is 58.2 Å². The molecule has 0 spiro atoms. The molecule has 0 N–H and O–H groups in total. The summed E-state index contributed by atoms with van der Waals surface area (Å²) in [5.41, 5.74) is 12.6. The van der Waals surface area contributed by atoms with Gasteiger partial charge in [0.05, 0.1) is 34.7 Å². The second kappa shape index (κ2) is 12.2. The van der Waals surface area contributed by atoms with E-state index in [1.54, 1.807) is 0 Å². The molecule has 6 aromatic rings. The van der Waals surface area contributed by atoms with Crippen LogP contribution in [0.3, 0.4) is 0 Å². The monoisotopic (exact) mass is 629 g/mol. The number of benzene rings is 4. The first-order chi connectivity index (χ1) is 24.1. The molecule has 0 aliphatic heterocycles. The summed E-state index contributed by atoms with van der Waals surface area (Å²) in [7, 11) is 0. The summed E-state index contributed by atoms with van der Waals surface area (Å²) in [5, 5.41) is 31.4. The molecular weight excluding hydrogens is 599 g/mol. The molecule has 2 aliphatic rings. The zero-order chi connectivity index (χ0) is 33.5. The lowest BCUT2D eigenvalue weighted by molar-refractivity contribution is 0.555. The van der Waals surface area contributed by atoms with Crippen molar-refractivity contribution in [3.63, 3.8) is 0 Å². The fourth-order valence-electron chi connectivity index (χ4n) is 7.86. The van der Waals surface area contributed by atoms with Crippen molar-refractivity contribution in [3.8, 4) is 41.4 Å². The third-order valence-corrected chi connectivity index (χ3v) is 10.1. The Kier molecular flexibility index (Phi) is 7.46. The molecule has 0 fully saturated rings. The summed E-state index contributed by atoms with van der Waals surface area (Å²) < 4.78 is 4.49. The minimum absolute atomic E-state index is 0.0773. The summed E-state index contributed by atoms with van der Waals surface area (Å²) in [6.45, 7) is 2.00. The SMILES string of the molecule is Cc1c(C#CC#N)n(-c2ccc(C3=CC(c4ccccc4-n4c5c(c6ccccc64)C=CCC5)CC(C#N)C3)cc2)c2cc(C#N)ccc12. The van der Waals surface area contributed by atoms with Crippen molar-refractivity contribution < 1.29 is 0 Å². The van der Waals surface area contributed by atoms with E-state index in [1.807, 2.05) is 35.8 Å². The van der Waals surface area contributed by atoms with Crippen LogP contribution in [0.25, 0.3) is 44.8 Å². The first-order valence-corrected chi connectivity index (χ1v) is 16.6. The number of rotatable bonds is 4. The lowest BCUT2D eigenvalue weighted by Gasteiger charge is -2.28. The predicted molar refractivity (Wildman–Crippen MR) is 195 cm³/mol. The number of aryl methyl sites for hydroxylation is 1. The maximum atomic E-state index is 10.3. The van der Waals surface area contributed by atoms with E-state index in [2.05, 4.69) is 120 Å². The number of para-hydroxylation sites is 2. The fraction of sp³-hybridized carbons (Fsp3) is 0.159. The van der Waals surface area contributed by atoms with Gasteiger partial charge in [-0.3, -0.25) is 0 Å². The van der Waals surface area contributed by atoms with Gasteiger partial charge in [-0.05, 0) is 97.2 Å². The van der Waals surface area contributed by atoms with Gasteiger partial charge < -0.3 is 9.13 Å². The molecule has 0 saturated carbocycles. The number of nitrogens with zero attached hydrogens (tertiary/aromatic N) is 5. The Morgan fingerprint density at radius 3 is 2.45 bits per heavy atom. The van der Waals surface area contributed by atoms with Crippen LogP contribution < -0.4 is 0 Å². The van der Waals surface area contributed by atoms with E-state index in [0.29, 0.717) is 12.0 Å². The van der Waals surface area contributed by atoms with Gasteiger partial charge in [-0.25, -0.2) is 0 Å². The van der Waals surface area contributed by atoms with Crippen LogP contribution in [0.1, 0.15) is 64.4 Å². The lowest BCUT2D eigenvalue weighted by atomic mass is 9.77. The largest absolute Gasteiger partial charge is 0.313 e. The lowest BCUT2D eigenvalue weighted by Crippen LogP contribution is -2.14. The summed E-state index contributed by atoms with van der Waals surface area (Å²) >= 11 is 0. The summed E-state index contributed by atoms with van der Waals surface area (Å²) in [6.07, 6.45) is 10.4. The van der Waals surface area contributed by atoms with Crippen molar-refractivity contribution in [2.24, 2.45) is 5.92 Å². The number of fused-ring (bicyclic) bond motifs is 4. The molecule has 2 aromatic heterocycles. The van der Waals surface area contributed by atoms with Crippen LogP contribution in [0.15, 0.2) is 103 Å². The first-order valence-electron chi connectivity index (χ1n) is 16.6. The van der Waals surface area contributed by atoms with Gasteiger partial charge in [0, 0.05) is 45.2 Å². The van der Waals surface area contributed by atoms with E-state index >= 15 is 0 Å². The van der Waals surface area contributed by atoms with Gasteiger partial charge in [0.1, 0.15) is 5.69 Å². The number of aromatic nitrogens is 2. The van der Waals surface area contributed by atoms with Crippen molar-refractivity contribution >= 4 is 33.5 Å². The second-order valence-electron chi connectivity index (χ2n) is 12.8. The molecule has 2 aliphatic carbocycles. The zero-order valence-corrected chi connectivity index (χ0v) is 27.1. The Balaban J connectivity index is 1.22. The van der Waals surface area contributed by atoms with Crippen LogP contribution in [0.5, 0.6) is 0 Å². The third-order valence-electron chi connectivity index (χ3n) is 10.1. The molecule has 2 heterocycles. The fourth-order valence-corrected chi connectivity index (χ4v) is 7.86. The van der Waals surface area contributed by atoms with Crippen molar-refractivity contribution in [1.29, 1.82) is 15.8 Å². The number of nitriles is 3. The number of allylic oxidation sites excluding steroid dienone is 3. The maximum absolute atomic E-state index is 10.3. The van der Waals surface area contributed by atoms with Crippen LogP contribution in [-0.2, 0) is 6.42 Å². The van der Waals surface area contributed by atoms with Gasteiger partial charge in [0.15, 0.2) is 6.07 Å². The highest BCUT2D eigenvalue weighted by atomic mass is 15.0. The molecule has 232 valence electrons. The Morgan fingerprint density at radius 1 is 0.816 bits per heavy atom. The van der Waals surface area contributed by atoms with Gasteiger partial charge in [0.2, 0.25) is 0 Å². The summed E-state index contributed by atoms with van der Waals surface area (Å²) in [5.74, 6) is 5.57. The molecule has 49 heavy (non-hydrogen) atoms. The number of hydrogen-bond donors (Lipinski definition) is 0. The van der Waals surface area contributed by atoms with Crippen LogP contribution >= 0.6 is 0 Å². The minimum atomic E-state index is -0.107. The van der Waals surface area contributed by atoms with Gasteiger partial charge in [-0.15, -0.1) is 0 Å². The summed E-state index contributed by atoms with van der Waals surface area (Å²) in [6, 6.07) is 38.1. The van der Waals surface area contributed by atoms with E-state index in [4.69, 9.17) is 0 Å². The molecule has 0 amide bonds. The van der Waals surface area contributed by atoms with E-state index in [1.165, 1.54) is 33.4 Å². The standard InChI is InChI=1S/C44H31N5/c1-29-36-21-16-30(27-46)25-44(36)48(40(29)15-8-22-45)35-19-17-32(18-20-35)33-23-31(28-47)24-34(26-33)37-9-2-5-12-41(37)49-42-13-6-3-10-38(42)39-11-4-7-14-43(39)49/h2-6,9-13,16-21,25-26,31,34H,7,14,23-24H2,1H3. The quantitative estimate of drug-likeness (QED) is 0.182. The smallest absolute Gasteiger partial charge is 0.152 e. The second-order valence-corrected chi connectivity index (χ2v) is 12.8. The van der Waals surface area contributed by atoms with Crippen LogP contribution in [-0.4, -0.2) is 9.13 Å². The van der Waals surface area contributed by atoms with Gasteiger partial charge >= 0.3 is 0 Å². The highest BCUT2D eigenvalue weighted by Crippen LogP contribution is 2.43. The highest BCUT2D eigenvalue weighted by Gasteiger charge is 2.28. The molecule has 0 saturated heterocycles. The summed E-state index contributed by atoms with van der Waals surface area (Å²) in [4.78, 5) is 0. The Labute approximate surface area is 285 Å². The highest BCUT2D eigenvalue weighted by molar-refractivity contribution is 5.93. The third kappa shape index (κ3) is 5.02. The molecule has 5 nitrogen and oxygen atoms in total. The molecule has 2 atom stereocenters. The van der Waals surface area contributed by atoms with Crippen molar-refractivity contribution in [1.82, 2.24) is 9.13 Å². The van der Waals surface area contributed by atoms with E-state index in [-0.39, 0.29) is 11.8 Å². The Morgan fingerprint density at radius 2 is 1.63 bits per heavy atom. The molecule has 4 aromatic carbocycles. The molecule has 5 heteroatoms. The van der Waals surface area contributed by atoms with Gasteiger partial charge in [0.25, 0.3) is 0 Å². The molecule has 0 radical (unpaired) electrons. The first kappa shape index (κ1) is 29.8. The molecular formula is C44H31N5. The topological polar surface area (TPSA) is 81.2 Å². The van der Waals surface area contributed by atoms with Crippen LogP contribution in [0, 0.1) is 58.7 Å². The Hall–Kier alpha value is -6.53. The maximum Gasteiger partial charge on any atom is 0.152 e. The van der Waals surface area contributed by atoms with Crippen molar-refractivity contribution in [3.05, 3.63) is 142 Å². The van der Waals surface area contributed by atoms with Crippen molar-refractivity contribution in [2.45, 2.75) is 38.5 Å². The minimum Gasteiger partial charge on any atom is -0.313 e. The number of hydrogen-bond acceptors (Lipinski definition) is 3. The average Bonchev–Trinajstić information content (AvgIpc) is 3.64. The van der Waals surface area contributed by atoms with Gasteiger partial charge in [-0.2, -0.15) is 15.8 Å². The normalized spacial score (nSPS) is 16.6.